The number of carbonyl (C=O) groups is 1. The van der Waals surface area contributed by atoms with Crippen molar-refractivity contribution in [2.45, 2.75) is 0 Å². The molecule has 2 N–H and O–H groups in total. The van der Waals surface area contributed by atoms with Crippen molar-refractivity contribution in [1.82, 2.24) is 9.38 Å². The average Bonchev–Trinajstić information content (AvgIpc) is 2.59. The van der Waals surface area contributed by atoms with E-state index in [1.54, 1.807) is 22.7 Å². The van der Waals surface area contributed by atoms with E-state index in [4.69, 9.17) is 5.73 Å². The smallest absolute Gasteiger partial charge is 0.180 e. The molecule has 0 bridgehead atoms. The third-order valence-corrected chi connectivity index (χ3v) is 2.56. The van der Waals surface area contributed by atoms with Gasteiger partial charge in [0.05, 0.1) is 18.3 Å². The maximum Gasteiger partial charge on any atom is 0.180 e. The second-order valence-corrected chi connectivity index (χ2v) is 3.64. The molecule has 5 heteroatoms. The number of hydrogen-bond donors (Lipinski definition) is 1. The van der Waals surface area contributed by atoms with E-state index < -0.39 is 0 Å². The zero-order valence-corrected chi connectivity index (χ0v) is 8.86. The topological polar surface area (TPSA) is 60.4 Å². The molecule has 0 aromatic carbocycles. The first-order valence-corrected chi connectivity index (χ1v) is 4.88. The zero-order valence-electron chi connectivity index (χ0n) is 7.27. The van der Waals surface area contributed by atoms with Crippen LogP contribution in [0.25, 0.3) is 5.65 Å². The summed E-state index contributed by atoms with van der Waals surface area (Å²) in [6.45, 7) is 0.00412. The minimum atomic E-state index is -0.103. The number of pyridine rings is 1. The molecule has 0 spiro atoms. The van der Waals surface area contributed by atoms with E-state index in [0.29, 0.717) is 11.2 Å². The Morgan fingerprint density at radius 3 is 3.14 bits per heavy atom. The molecule has 0 aliphatic heterocycles. The first-order valence-electron chi connectivity index (χ1n) is 4.09. The van der Waals surface area contributed by atoms with Crippen LogP contribution in [-0.2, 0) is 0 Å². The highest BCUT2D eigenvalue weighted by molar-refractivity contribution is 9.10. The van der Waals surface area contributed by atoms with Crippen LogP contribution in [0, 0.1) is 0 Å². The van der Waals surface area contributed by atoms with E-state index >= 15 is 0 Å². The highest BCUT2D eigenvalue weighted by Crippen LogP contribution is 2.16. The van der Waals surface area contributed by atoms with Gasteiger partial charge in [-0.2, -0.15) is 0 Å². The molecule has 0 aliphatic carbocycles. The summed E-state index contributed by atoms with van der Waals surface area (Å²) in [4.78, 5) is 15.6. The molecule has 0 aliphatic rings. The predicted molar refractivity (Wildman–Crippen MR) is 56.3 cm³/mol. The molecule has 2 heterocycles. The Labute approximate surface area is 88.9 Å². The van der Waals surface area contributed by atoms with Crippen LogP contribution in [0.3, 0.4) is 0 Å². The number of aromatic nitrogens is 2. The maximum absolute atomic E-state index is 11.4. The summed E-state index contributed by atoms with van der Waals surface area (Å²) >= 11 is 3.33. The van der Waals surface area contributed by atoms with E-state index in [0.717, 1.165) is 4.60 Å². The normalized spacial score (nSPS) is 10.7. The quantitative estimate of drug-likeness (QED) is 0.820. The third kappa shape index (κ3) is 1.34. The minimum Gasteiger partial charge on any atom is -0.324 e. The van der Waals surface area contributed by atoms with Crippen molar-refractivity contribution in [2.24, 2.45) is 5.73 Å². The number of imidazole rings is 1. The predicted octanol–water partition coefficient (Wildman–Crippen LogP) is 1.24. The van der Waals surface area contributed by atoms with Gasteiger partial charge in [-0.05, 0) is 28.1 Å². The molecule has 0 fully saturated rings. The van der Waals surface area contributed by atoms with Crippen molar-refractivity contribution in [3.8, 4) is 0 Å². The van der Waals surface area contributed by atoms with E-state index in [2.05, 4.69) is 20.9 Å². The Bertz CT molecular complexity index is 492. The minimum absolute atomic E-state index is 0.00412. The van der Waals surface area contributed by atoms with E-state index in [1.165, 1.54) is 0 Å². The number of carbonyl (C=O) groups excluding carboxylic acids is 1. The van der Waals surface area contributed by atoms with Gasteiger partial charge in [-0.25, -0.2) is 4.98 Å². The largest absolute Gasteiger partial charge is 0.324 e. The fourth-order valence-electron chi connectivity index (χ4n) is 1.31. The van der Waals surface area contributed by atoms with Gasteiger partial charge in [0.1, 0.15) is 10.3 Å². The molecule has 2 rings (SSSR count). The summed E-state index contributed by atoms with van der Waals surface area (Å²) in [5, 5.41) is 0. The van der Waals surface area contributed by atoms with E-state index in [-0.39, 0.29) is 12.3 Å². The van der Waals surface area contributed by atoms with Crippen molar-refractivity contribution in [1.29, 1.82) is 0 Å². The van der Waals surface area contributed by atoms with Gasteiger partial charge in [-0.15, -0.1) is 0 Å². The Morgan fingerprint density at radius 1 is 1.64 bits per heavy atom. The first kappa shape index (κ1) is 9.36. The Morgan fingerprint density at radius 2 is 2.43 bits per heavy atom. The van der Waals surface area contributed by atoms with Gasteiger partial charge in [0.2, 0.25) is 0 Å². The van der Waals surface area contributed by atoms with Crippen molar-refractivity contribution >= 4 is 27.4 Å². The molecular weight excluding hydrogens is 246 g/mol. The monoisotopic (exact) mass is 253 g/mol. The number of nitrogens with two attached hydrogens (primary N) is 1. The van der Waals surface area contributed by atoms with Crippen molar-refractivity contribution < 1.29 is 4.79 Å². The van der Waals surface area contributed by atoms with Gasteiger partial charge in [0, 0.05) is 6.20 Å². The molecule has 72 valence electrons. The lowest BCUT2D eigenvalue weighted by Crippen LogP contribution is -2.14. The van der Waals surface area contributed by atoms with Crippen molar-refractivity contribution in [3.05, 3.63) is 34.7 Å². The van der Waals surface area contributed by atoms with Crippen LogP contribution in [0.15, 0.2) is 29.1 Å². The summed E-state index contributed by atoms with van der Waals surface area (Å²) in [5.74, 6) is -0.103. The van der Waals surface area contributed by atoms with Crippen LogP contribution in [0.1, 0.15) is 10.4 Å². The average molecular weight is 254 g/mol. The molecule has 14 heavy (non-hydrogen) atoms. The highest BCUT2D eigenvalue weighted by Gasteiger charge is 2.10. The Kier molecular flexibility index (Phi) is 2.35. The lowest BCUT2D eigenvalue weighted by Gasteiger charge is -2.00. The molecular formula is C9H8BrN3O. The molecule has 2 aromatic rings. The number of hydrogen-bond acceptors (Lipinski definition) is 3. The van der Waals surface area contributed by atoms with Crippen LogP contribution in [0.5, 0.6) is 0 Å². The van der Waals surface area contributed by atoms with Gasteiger partial charge in [0.25, 0.3) is 0 Å². The molecule has 0 saturated carbocycles. The molecule has 0 saturated heterocycles. The van der Waals surface area contributed by atoms with Gasteiger partial charge < -0.3 is 5.73 Å². The van der Waals surface area contributed by atoms with Crippen molar-refractivity contribution in [3.63, 3.8) is 0 Å². The standard InChI is InChI=1S/C9H8BrN3O/c10-8-5-12-9-6(7(14)4-11)2-1-3-13(8)9/h1-3,5H,4,11H2. The first-order chi connectivity index (χ1) is 6.74. The highest BCUT2D eigenvalue weighted by atomic mass is 79.9. The fourth-order valence-corrected chi connectivity index (χ4v) is 1.70. The number of fused-ring (bicyclic) bond motifs is 1. The number of nitrogens with zero attached hydrogens (tertiary/aromatic N) is 2. The molecule has 0 unspecified atom stereocenters. The summed E-state index contributed by atoms with van der Waals surface area (Å²) in [6, 6.07) is 3.52. The van der Waals surface area contributed by atoms with E-state index in [1.807, 2.05) is 6.20 Å². The van der Waals surface area contributed by atoms with Gasteiger partial charge in [-0.1, -0.05) is 0 Å². The van der Waals surface area contributed by atoms with Crippen LogP contribution in [-0.4, -0.2) is 21.7 Å². The fraction of sp³-hybridized carbons (Fsp3) is 0.111. The second kappa shape index (κ2) is 3.51. The molecule has 0 radical (unpaired) electrons. The summed E-state index contributed by atoms with van der Waals surface area (Å²) in [7, 11) is 0. The van der Waals surface area contributed by atoms with Gasteiger partial charge in [0.15, 0.2) is 5.78 Å². The van der Waals surface area contributed by atoms with Crippen molar-refractivity contribution in [2.75, 3.05) is 6.54 Å². The summed E-state index contributed by atoms with van der Waals surface area (Å²) in [6.07, 6.45) is 3.49. The summed E-state index contributed by atoms with van der Waals surface area (Å²) in [5.41, 5.74) is 6.49. The van der Waals surface area contributed by atoms with Crippen LogP contribution >= 0.6 is 15.9 Å². The number of halogens is 1. The number of rotatable bonds is 2. The Hall–Kier alpha value is -1.20. The molecule has 4 nitrogen and oxygen atoms in total. The van der Waals surface area contributed by atoms with Crippen LogP contribution in [0.4, 0.5) is 0 Å². The Balaban J connectivity index is 2.71. The lowest BCUT2D eigenvalue weighted by atomic mass is 10.2. The van der Waals surface area contributed by atoms with E-state index in [9.17, 15) is 4.79 Å². The lowest BCUT2D eigenvalue weighted by molar-refractivity contribution is 0.100. The SMILES string of the molecule is NCC(=O)c1cccn2c(Br)cnc12. The maximum atomic E-state index is 11.4. The molecule has 0 atom stereocenters. The number of Topliss-reactive ketones (excluding diaryl/α,β-unsaturated/α-hetero) is 1. The van der Waals surface area contributed by atoms with Crippen LogP contribution < -0.4 is 5.73 Å². The van der Waals surface area contributed by atoms with Gasteiger partial charge >= 0.3 is 0 Å². The third-order valence-electron chi connectivity index (χ3n) is 1.98. The zero-order chi connectivity index (χ0) is 10.1. The number of ketones is 1. The van der Waals surface area contributed by atoms with Crippen LogP contribution in [0.2, 0.25) is 0 Å². The second-order valence-electron chi connectivity index (χ2n) is 2.82. The van der Waals surface area contributed by atoms with Gasteiger partial charge in [-0.3, -0.25) is 9.20 Å². The molecule has 2 aromatic heterocycles. The molecule has 0 amide bonds. The summed E-state index contributed by atoms with van der Waals surface area (Å²) < 4.78 is 2.61.